The van der Waals surface area contributed by atoms with Gasteiger partial charge in [-0.15, -0.1) is 0 Å². The molecule has 0 fully saturated rings. The van der Waals surface area contributed by atoms with E-state index >= 15 is 0 Å². The Kier molecular flexibility index (Phi) is 4.74. The largest absolute Gasteiger partial charge is 0.480 e. The number of carboxylic acid groups (broad SMARTS) is 1. The Morgan fingerprint density at radius 1 is 1.53 bits per heavy atom. The molecule has 1 aromatic heterocycles. The molecule has 1 aromatic rings. The van der Waals surface area contributed by atoms with Crippen molar-refractivity contribution in [1.82, 2.24) is 4.98 Å². The minimum atomic E-state index is -4.48. The van der Waals surface area contributed by atoms with E-state index in [1.165, 1.54) is 0 Å². The van der Waals surface area contributed by atoms with Gasteiger partial charge in [0, 0.05) is 6.20 Å². The number of nitrogens with one attached hydrogen (secondary N) is 1. The zero-order chi connectivity index (χ0) is 14.6. The van der Waals surface area contributed by atoms with Gasteiger partial charge in [-0.05, 0) is 18.1 Å². The fourth-order valence-electron chi connectivity index (χ4n) is 1.53. The second kappa shape index (κ2) is 5.90. The lowest BCUT2D eigenvalue weighted by Crippen LogP contribution is -2.35. The van der Waals surface area contributed by atoms with Gasteiger partial charge in [-0.2, -0.15) is 13.2 Å². The average molecular weight is 276 g/mol. The van der Waals surface area contributed by atoms with E-state index in [1.54, 1.807) is 6.92 Å². The summed E-state index contributed by atoms with van der Waals surface area (Å²) >= 11 is 0. The number of nitrogens with zero attached hydrogens (tertiary/aromatic N) is 1. The Hall–Kier alpha value is -1.79. The van der Waals surface area contributed by atoms with Crippen LogP contribution in [0.1, 0.15) is 25.8 Å². The first-order valence-electron chi connectivity index (χ1n) is 5.78. The van der Waals surface area contributed by atoms with Crippen LogP contribution in [-0.4, -0.2) is 22.1 Å². The number of carboxylic acids is 1. The number of anilines is 1. The van der Waals surface area contributed by atoms with Gasteiger partial charge in [-0.1, -0.05) is 20.3 Å². The predicted octanol–water partition coefficient (Wildman–Crippen LogP) is 3.01. The van der Waals surface area contributed by atoms with E-state index in [2.05, 4.69) is 10.3 Å². The molecule has 19 heavy (non-hydrogen) atoms. The van der Waals surface area contributed by atoms with Crippen LogP contribution >= 0.6 is 0 Å². The highest BCUT2D eigenvalue weighted by molar-refractivity contribution is 5.77. The summed E-state index contributed by atoms with van der Waals surface area (Å²) in [5, 5.41) is 11.6. The SMILES string of the molecule is CC[C@H](C)[C@H](Nc1cc(C(F)(F)F)ccn1)C(=O)O. The lowest BCUT2D eigenvalue weighted by atomic mass is 9.99. The molecule has 0 aliphatic heterocycles. The van der Waals surface area contributed by atoms with Gasteiger partial charge in [0.2, 0.25) is 0 Å². The number of carbonyl (C=O) groups is 1. The Morgan fingerprint density at radius 3 is 2.63 bits per heavy atom. The van der Waals surface area contributed by atoms with Crippen molar-refractivity contribution < 1.29 is 23.1 Å². The molecule has 0 unspecified atom stereocenters. The van der Waals surface area contributed by atoms with E-state index in [1.807, 2.05) is 6.92 Å². The number of rotatable bonds is 5. The molecule has 0 amide bonds. The Labute approximate surface area is 108 Å². The van der Waals surface area contributed by atoms with Crippen LogP contribution in [0.5, 0.6) is 0 Å². The fourth-order valence-corrected chi connectivity index (χ4v) is 1.53. The number of hydrogen-bond acceptors (Lipinski definition) is 3. The third-order valence-corrected chi connectivity index (χ3v) is 2.87. The van der Waals surface area contributed by atoms with Crippen molar-refractivity contribution in [3.63, 3.8) is 0 Å². The summed E-state index contributed by atoms with van der Waals surface area (Å²) in [5.41, 5.74) is -0.863. The summed E-state index contributed by atoms with van der Waals surface area (Å²) in [7, 11) is 0. The van der Waals surface area contributed by atoms with Crippen molar-refractivity contribution in [2.24, 2.45) is 5.92 Å². The molecule has 0 radical (unpaired) electrons. The van der Waals surface area contributed by atoms with Gasteiger partial charge in [-0.3, -0.25) is 0 Å². The number of hydrogen-bond donors (Lipinski definition) is 2. The second-order valence-corrected chi connectivity index (χ2v) is 4.27. The third-order valence-electron chi connectivity index (χ3n) is 2.87. The van der Waals surface area contributed by atoms with Crippen molar-refractivity contribution >= 4 is 11.8 Å². The number of halogens is 3. The smallest absolute Gasteiger partial charge is 0.416 e. The molecular formula is C12H15F3N2O2. The molecule has 2 N–H and O–H groups in total. The number of aliphatic carboxylic acids is 1. The Balaban J connectivity index is 2.95. The zero-order valence-corrected chi connectivity index (χ0v) is 10.5. The molecule has 4 nitrogen and oxygen atoms in total. The lowest BCUT2D eigenvalue weighted by Gasteiger charge is -2.21. The third kappa shape index (κ3) is 4.11. The van der Waals surface area contributed by atoms with E-state index in [0.717, 1.165) is 18.3 Å². The first-order valence-corrected chi connectivity index (χ1v) is 5.78. The maximum Gasteiger partial charge on any atom is 0.416 e. The van der Waals surface area contributed by atoms with Gasteiger partial charge in [0.15, 0.2) is 0 Å². The van der Waals surface area contributed by atoms with Crippen LogP contribution in [0.3, 0.4) is 0 Å². The quantitative estimate of drug-likeness (QED) is 0.867. The molecule has 1 heterocycles. The molecule has 0 aliphatic rings. The average Bonchev–Trinajstić information content (AvgIpc) is 2.34. The van der Waals surface area contributed by atoms with E-state index < -0.39 is 23.8 Å². The molecule has 106 valence electrons. The van der Waals surface area contributed by atoms with Crippen LogP contribution < -0.4 is 5.32 Å². The van der Waals surface area contributed by atoms with Gasteiger partial charge >= 0.3 is 12.1 Å². The van der Waals surface area contributed by atoms with Crippen LogP contribution in [0.2, 0.25) is 0 Å². The van der Waals surface area contributed by atoms with Crippen molar-refractivity contribution in [2.75, 3.05) is 5.32 Å². The molecule has 0 saturated heterocycles. The number of aromatic nitrogens is 1. The minimum Gasteiger partial charge on any atom is -0.480 e. The Bertz CT molecular complexity index is 449. The lowest BCUT2D eigenvalue weighted by molar-refractivity contribution is -0.139. The standard InChI is InChI=1S/C12H15F3N2O2/c1-3-7(2)10(11(18)19)17-9-6-8(4-5-16-9)12(13,14)15/h4-7,10H,3H2,1-2H3,(H,16,17)(H,18,19)/t7-,10-/m0/s1. The summed E-state index contributed by atoms with van der Waals surface area (Å²) in [6.45, 7) is 3.52. The number of pyridine rings is 1. The van der Waals surface area contributed by atoms with Crippen LogP contribution in [-0.2, 0) is 11.0 Å². The summed E-state index contributed by atoms with van der Waals surface area (Å²) in [6, 6.07) is 0.670. The van der Waals surface area contributed by atoms with Crippen LogP contribution in [0, 0.1) is 5.92 Å². The van der Waals surface area contributed by atoms with Gasteiger partial charge in [0.05, 0.1) is 5.56 Å². The molecule has 0 saturated carbocycles. The van der Waals surface area contributed by atoms with Crippen molar-refractivity contribution in [3.8, 4) is 0 Å². The van der Waals surface area contributed by atoms with Crippen LogP contribution in [0.4, 0.5) is 19.0 Å². The van der Waals surface area contributed by atoms with Gasteiger partial charge in [-0.25, -0.2) is 9.78 Å². The summed E-state index contributed by atoms with van der Waals surface area (Å²) in [4.78, 5) is 14.8. The highest BCUT2D eigenvalue weighted by Gasteiger charge is 2.31. The molecular weight excluding hydrogens is 261 g/mol. The molecule has 2 atom stereocenters. The molecule has 0 aliphatic carbocycles. The van der Waals surface area contributed by atoms with Crippen LogP contribution in [0.15, 0.2) is 18.3 Å². The van der Waals surface area contributed by atoms with E-state index in [-0.39, 0.29) is 11.7 Å². The zero-order valence-electron chi connectivity index (χ0n) is 10.5. The maximum absolute atomic E-state index is 12.5. The summed E-state index contributed by atoms with van der Waals surface area (Å²) < 4.78 is 37.6. The van der Waals surface area contributed by atoms with Gasteiger partial charge < -0.3 is 10.4 Å². The normalized spacial score (nSPS) is 14.8. The molecule has 0 spiro atoms. The Morgan fingerprint density at radius 2 is 2.16 bits per heavy atom. The first-order chi connectivity index (χ1) is 8.75. The fraction of sp³-hybridized carbons (Fsp3) is 0.500. The van der Waals surface area contributed by atoms with Gasteiger partial charge in [0.25, 0.3) is 0 Å². The second-order valence-electron chi connectivity index (χ2n) is 4.27. The van der Waals surface area contributed by atoms with E-state index in [4.69, 9.17) is 5.11 Å². The molecule has 0 aromatic carbocycles. The van der Waals surface area contributed by atoms with E-state index in [0.29, 0.717) is 6.42 Å². The van der Waals surface area contributed by atoms with Crippen molar-refractivity contribution in [2.45, 2.75) is 32.5 Å². The minimum absolute atomic E-state index is 0.0949. The maximum atomic E-state index is 12.5. The summed E-state index contributed by atoms with van der Waals surface area (Å²) in [6.07, 6.45) is -2.89. The van der Waals surface area contributed by atoms with Crippen molar-refractivity contribution in [3.05, 3.63) is 23.9 Å². The number of alkyl halides is 3. The summed E-state index contributed by atoms with van der Waals surface area (Å²) in [5.74, 6) is -1.44. The highest BCUT2D eigenvalue weighted by atomic mass is 19.4. The topological polar surface area (TPSA) is 62.2 Å². The predicted molar refractivity (Wildman–Crippen MR) is 63.7 cm³/mol. The molecule has 0 bridgehead atoms. The van der Waals surface area contributed by atoms with Crippen molar-refractivity contribution in [1.29, 1.82) is 0 Å². The van der Waals surface area contributed by atoms with E-state index in [9.17, 15) is 18.0 Å². The van der Waals surface area contributed by atoms with Crippen LogP contribution in [0.25, 0.3) is 0 Å². The molecule has 1 rings (SSSR count). The molecule has 7 heteroatoms. The first kappa shape index (κ1) is 15.3. The monoisotopic (exact) mass is 276 g/mol. The van der Waals surface area contributed by atoms with Gasteiger partial charge in [0.1, 0.15) is 11.9 Å². The highest BCUT2D eigenvalue weighted by Crippen LogP contribution is 2.30.